The fraction of sp³-hybridized carbons (Fsp3) is 0.278. The van der Waals surface area contributed by atoms with Crippen LogP contribution < -0.4 is 0 Å². The van der Waals surface area contributed by atoms with E-state index in [1.807, 2.05) is 0 Å². The van der Waals surface area contributed by atoms with Gasteiger partial charge in [-0.05, 0) is 23.8 Å². The Morgan fingerprint density at radius 1 is 0.964 bits per heavy atom. The van der Waals surface area contributed by atoms with Gasteiger partial charge in [-0.15, -0.1) is 0 Å². The summed E-state index contributed by atoms with van der Waals surface area (Å²) in [4.78, 5) is 13.0. The molecule has 0 N–H and O–H groups in total. The number of piperazine rings is 1. The molecular formula is C18H16ClF3N2O3S. The Bertz CT molecular complexity index is 1010. The fourth-order valence-corrected chi connectivity index (χ4v) is 4.62. The molecule has 0 atom stereocenters. The highest BCUT2D eigenvalue weighted by atomic mass is 35.5. The molecule has 0 aliphatic carbocycles. The van der Waals surface area contributed by atoms with Gasteiger partial charge in [-0.2, -0.15) is 4.31 Å². The smallest absolute Gasteiger partial charge is 0.246 e. The number of benzene rings is 2. The van der Waals surface area contributed by atoms with E-state index in [-0.39, 0.29) is 38.5 Å². The Kier molecular flexibility index (Phi) is 5.97. The SMILES string of the molecule is O=C(Cc1ccccc1Cl)N1CCN(S(=O)(=O)c2ccc(F)c(F)c2F)CC1. The van der Waals surface area contributed by atoms with Gasteiger partial charge in [-0.25, -0.2) is 21.6 Å². The topological polar surface area (TPSA) is 57.7 Å². The molecule has 1 fully saturated rings. The molecule has 0 unspecified atom stereocenters. The number of sulfonamides is 1. The quantitative estimate of drug-likeness (QED) is 0.698. The van der Waals surface area contributed by atoms with Gasteiger partial charge in [-0.3, -0.25) is 4.79 Å². The number of amides is 1. The monoisotopic (exact) mass is 432 g/mol. The molecule has 1 amide bonds. The summed E-state index contributed by atoms with van der Waals surface area (Å²) in [5.41, 5.74) is 0.660. The first-order chi connectivity index (χ1) is 13.2. The Hall–Kier alpha value is -2.10. The van der Waals surface area contributed by atoms with Crippen molar-refractivity contribution in [3.63, 3.8) is 0 Å². The van der Waals surface area contributed by atoms with Crippen LogP contribution in [0.3, 0.4) is 0 Å². The number of carbonyl (C=O) groups is 1. The first kappa shape index (κ1) is 20.6. The van der Waals surface area contributed by atoms with Gasteiger partial charge in [0.15, 0.2) is 17.5 Å². The lowest BCUT2D eigenvalue weighted by atomic mass is 10.1. The molecule has 0 bridgehead atoms. The molecule has 0 spiro atoms. The largest absolute Gasteiger partial charge is 0.340 e. The van der Waals surface area contributed by atoms with Gasteiger partial charge in [0.05, 0.1) is 6.42 Å². The zero-order valence-electron chi connectivity index (χ0n) is 14.5. The minimum atomic E-state index is -4.35. The third-order valence-corrected chi connectivity index (χ3v) is 6.79. The average molecular weight is 433 g/mol. The number of halogens is 4. The second-order valence-corrected chi connectivity index (χ2v) is 8.54. The Labute approximate surface area is 165 Å². The molecule has 1 aliphatic heterocycles. The summed E-state index contributed by atoms with van der Waals surface area (Å²) in [6.07, 6.45) is 0.0736. The number of carbonyl (C=O) groups excluding carboxylic acids is 1. The lowest BCUT2D eigenvalue weighted by Gasteiger charge is -2.34. The molecule has 2 aromatic rings. The molecule has 28 heavy (non-hydrogen) atoms. The van der Waals surface area contributed by atoms with Crippen LogP contribution in [0, 0.1) is 17.5 Å². The summed E-state index contributed by atoms with van der Waals surface area (Å²) in [6, 6.07) is 8.16. The van der Waals surface area contributed by atoms with Crippen LogP contribution in [0.5, 0.6) is 0 Å². The maximum Gasteiger partial charge on any atom is 0.246 e. The van der Waals surface area contributed by atoms with E-state index in [1.54, 1.807) is 24.3 Å². The van der Waals surface area contributed by atoms with Gasteiger partial charge >= 0.3 is 0 Å². The van der Waals surface area contributed by atoms with Crippen LogP contribution in [0.25, 0.3) is 0 Å². The Morgan fingerprint density at radius 2 is 1.61 bits per heavy atom. The molecule has 5 nitrogen and oxygen atoms in total. The van der Waals surface area contributed by atoms with Crippen molar-refractivity contribution in [2.45, 2.75) is 11.3 Å². The van der Waals surface area contributed by atoms with E-state index in [1.165, 1.54) is 4.90 Å². The molecule has 150 valence electrons. The highest BCUT2D eigenvalue weighted by Gasteiger charge is 2.33. The van der Waals surface area contributed by atoms with Gasteiger partial charge in [0, 0.05) is 31.2 Å². The summed E-state index contributed by atoms with van der Waals surface area (Å²) in [7, 11) is -4.35. The van der Waals surface area contributed by atoms with Crippen LogP contribution in [0.15, 0.2) is 41.3 Å². The molecule has 1 heterocycles. The van der Waals surface area contributed by atoms with E-state index in [0.717, 1.165) is 4.31 Å². The van der Waals surface area contributed by atoms with Crippen molar-refractivity contribution in [3.8, 4) is 0 Å². The summed E-state index contributed by atoms with van der Waals surface area (Å²) < 4.78 is 66.4. The van der Waals surface area contributed by atoms with Crippen molar-refractivity contribution < 1.29 is 26.4 Å². The predicted molar refractivity (Wildman–Crippen MR) is 96.8 cm³/mol. The van der Waals surface area contributed by atoms with E-state index < -0.39 is 32.4 Å². The van der Waals surface area contributed by atoms with Crippen molar-refractivity contribution in [2.75, 3.05) is 26.2 Å². The standard InChI is InChI=1S/C18H16ClF3N2O3S/c19-13-4-2-1-3-12(13)11-16(25)23-7-9-24(10-8-23)28(26,27)15-6-5-14(20)17(21)18(15)22/h1-6H,7-11H2. The van der Waals surface area contributed by atoms with Crippen molar-refractivity contribution in [1.82, 2.24) is 9.21 Å². The maximum atomic E-state index is 13.9. The van der Waals surface area contributed by atoms with E-state index in [9.17, 15) is 26.4 Å². The van der Waals surface area contributed by atoms with E-state index in [4.69, 9.17) is 11.6 Å². The van der Waals surface area contributed by atoms with E-state index in [0.29, 0.717) is 22.7 Å². The Balaban J connectivity index is 1.69. The first-order valence-corrected chi connectivity index (χ1v) is 10.2. The van der Waals surface area contributed by atoms with Crippen LogP contribution >= 0.6 is 11.6 Å². The predicted octanol–water partition coefficient (Wildman–Crippen LogP) is 2.83. The van der Waals surface area contributed by atoms with Crippen LogP contribution in [0.2, 0.25) is 5.02 Å². The average Bonchev–Trinajstić information content (AvgIpc) is 2.68. The Morgan fingerprint density at radius 3 is 2.25 bits per heavy atom. The zero-order chi connectivity index (χ0) is 20.5. The molecule has 0 saturated carbocycles. The van der Waals surface area contributed by atoms with Crippen molar-refractivity contribution in [3.05, 3.63) is 64.4 Å². The van der Waals surface area contributed by atoms with Gasteiger partial charge in [-0.1, -0.05) is 29.8 Å². The minimum Gasteiger partial charge on any atom is -0.340 e. The van der Waals surface area contributed by atoms with Crippen LogP contribution in [0.1, 0.15) is 5.56 Å². The lowest BCUT2D eigenvalue weighted by Crippen LogP contribution is -2.51. The van der Waals surface area contributed by atoms with Crippen LogP contribution in [-0.4, -0.2) is 49.7 Å². The molecule has 0 aromatic heterocycles. The molecule has 1 saturated heterocycles. The summed E-state index contributed by atoms with van der Waals surface area (Å²) in [5.74, 6) is -5.28. The highest BCUT2D eigenvalue weighted by Crippen LogP contribution is 2.24. The lowest BCUT2D eigenvalue weighted by molar-refractivity contribution is -0.131. The van der Waals surface area contributed by atoms with Crippen molar-refractivity contribution >= 4 is 27.5 Å². The molecule has 1 aliphatic rings. The second-order valence-electron chi connectivity index (χ2n) is 6.23. The molecular weight excluding hydrogens is 417 g/mol. The van der Waals surface area contributed by atoms with Crippen LogP contribution in [-0.2, 0) is 21.2 Å². The molecule has 3 rings (SSSR count). The first-order valence-electron chi connectivity index (χ1n) is 8.36. The molecule has 0 radical (unpaired) electrons. The summed E-state index contributed by atoms with van der Waals surface area (Å²) in [6.45, 7) is 0.00564. The zero-order valence-corrected chi connectivity index (χ0v) is 16.1. The molecule has 10 heteroatoms. The van der Waals surface area contributed by atoms with Crippen molar-refractivity contribution in [2.24, 2.45) is 0 Å². The van der Waals surface area contributed by atoms with Gasteiger partial charge < -0.3 is 4.90 Å². The number of nitrogens with zero attached hydrogens (tertiary/aromatic N) is 2. The van der Waals surface area contributed by atoms with E-state index in [2.05, 4.69) is 0 Å². The fourth-order valence-electron chi connectivity index (χ4n) is 2.94. The highest BCUT2D eigenvalue weighted by molar-refractivity contribution is 7.89. The number of hydrogen-bond acceptors (Lipinski definition) is 3. The minimum absolute atomic E-state index is 0.0736. The summed E-state index contributed by atoms with van der Waals surface area (Å²) in [5, 5.41) is 0.464. The third-order valence-electron chi connectivity index (χ3n) is 4.51. The van der Waals surface area contributed by atoms with Gasteiger partial charge in [0.2, 0.25) is 15.9 Å². The number of hydrogen-bond donors (Lipinski definition) is 0. The van der Waals surface area contributed by atoms with Gasteiger partial charge in [0.1, 0.15) is 4.90 Å². The van der Waals surface area contributed by atoms with E-state index >= 15 is 0 Å². The second kappa shape index (κ2) is 8.10. The third kappa shape index (κ3) is 4.01. The maximum absolute atomic E-state index is 13.9. The van der Waals surface area contributed by atoms with Crippen LogP contribution in [0.4, 0.5) is 13.2 Å². The number of rotatable bonds is 4. The summed E-state index contributed by atoms with van der Waals surface area (Å²) >= 11 is 6.05. The van der Waals surface area contributed by atoms with Gasteiger partial charge in [0.25, 0.3) is 0 Å². The molecule has 2 aromatic carbocycles. The normalized spacial score (nSPS) is 15.6. The van der Waals surface area contributed by atoms with Crippen molar-refractivity contribution in [1.29, 1.82) is 0 Å².